The molecule has 1 aromatic rings. The molecule has 3 rings (SSSR count). The predicted molar refractivity (Wildman–Crippen MR) is 64.3 cm³/mol. The maximum absolute atomic E-state index is 3.71. The molecule has 1 aliphatic carbocycles. The maximum atomic E-state index is 3.71. The lowest BCUT2D eigenvalue weighted by molar-refractivity contribution is 0.239. The minimum Gasteiger partial charge on any atom is -0.303 e. The van der Waals surface area contributed by atoms with E-state index < -0.39 is 0 Å². The molecule has 82 valence electrons. The second kappa shape index (κ2) is 3.89. The smallest absolute Gasteiger partial charge is 0.0459 e. The standard InChI is InChI=1S/C12H18N2S/c1-2-6-12(8-13-9-14-12)10(4-1)11-5-3-7-15-11/h3,5,7,10,13-14H,1-2,4,6,8-9H2. The van der Waals surface area contributed by atoms with Crippen LogP contribution in [0.3, 0.4) is 0 Å². The fraction of sp³-hybridized carbons (Fsp3) is 0.667. The molecule has 1 aromatic heterocycles. The van der Waals surface area contributed by atoms with Crippen molar-refractivity contribution in [3.05, 3.63) is 22.4 Å². The topological polar surface area (TPSA) is 24.1 Å². The van der Waals surface area contributed by atoms with Crippen molar-refractivity contribution < 1.29 is 0 Å². The van der Waals surface area contributed by atoms with E-state index in [2.05, 4.69) is 28.1 Å². The first-order valence-corrected chi connectivity index (χ1v) is 6.78. The van der Waals surface area contributed by atoms with Gasteiger partial charge in [-0.3, -0.25) is 5.32 Å². The van der Waals surface area contributed by atoms with E-state index in [0.29, 0.717) is 5.54 Å². The monoisotopic (exact) mass is 222 g/mol. The Labute approximate surface area is 95.1 Å². The lowest BCUT2D eigenvalue weighted by Gasteiger charge is -2.40. The molecule has 2 fully saturated rings. The SMILES string of the molecule is c1csc(C2CCCCC23CNCN3)c1. The van der Waals surface area contributed by atoms with Crippen molar-refractivity contribution in [1.82, 2.24) is 10.6 Å². The Hall–Kier alpha value is -0.380. The molecule has 0 amide bonds. The van der Waals surface area contributed by atoms with Gasteiger partial charge in [-0.05, 0) is 24.3 Å². The van der Waals surface area contributed by atoms with E-state index in [4.69, 9.17) is 0 Å². The summed E-state index contributed by atoms with van der Waals surface area (Å²) >= 11 is 1.92. The molecule has 2 atom stereocenters. The van der Waals surface area contributed by atoms with Crippen LogP contribution in [0.2, 0.25) is 0 Å². The molecular weight excluding hydrogens is 204 g/mol. The normalized spacial score (nSPS) is 36.1. The lowest BCUT2D eigenvalue weighted by atomic mass is 9.72. The molecule has 2 aliphatic rings. The van der Waals surface area contributed by atoms with Crippen LogP contribution in [-0.4, -0.2) is 18.8 Å². The molecule has 3 heteroatoms. The Morgan fingerprint density at radius 1 is 1.40 bits per heavy atom. The highest BCUT2D eigenvalue weighted by molar-refractivity contribution is 7.10. The van der Waals surface area contributed by atoms with Gasteiger partial charge in [0.1, 0.15) is 0 Å². The van der Waals surface area contributed by atoms with Crippen LogP contribution in [0, 0.1) is 0 Å². The van der Waals surface area contributed by atoms with Crippen molar-refractivity contribution in [2.24, 2.45) is 0 Å². The molecule has 1 spiro atoms. The Bertz CT molecular complexity index is 314. The quantitative estimate of drug-likeness (QED) is 0.762. The maximum Gasteiger partial charge on any atom is 0.0459 e. The summed E-state index contributed by atoms with van der Waals surface area (Å²) in [5.74, 6) is 0.737. The zero-order chi connectivity index (χ0) is 10.1. The van der Waals surface area contributed by atoms with Crippen LogP contribution in [0.4, 0.5) is 0 Å². The molecule has 1 saturated carbocycles. The molecule has 2 unspecified atom stereocenters. The Morgan fingerprint density at radius 3 is 3.13 bits per heavy atom. The summed E-state index contributed by atoms with van der Waals surface area (Å²) in [5.41, 5.74) is 0.364. The second-order valence-corrected chi connectivity index (χ2v) is 5.73. The van der Waals surface area contributed by atoms with Gasteiger partial charge in [-0.25, -0.2) is 0 Å². The van der Waals surface area contributed by atoms with Crippen LogP contribution in [-0.2, 0) is 0 Å². The molecule has 15 heavy (non-hydrogen) atoms. The zero-order valence-corrected chi connectivity index (χ0v) is 9.78. The fourth-order valence-electron chi connectivity index (χ4n) is 3.15. The fourth-order valence-corrected chi connectivity index (χ4v) is 4.13. The summed E-state index contributed by atoms with van der Waals surface area (Å²) < 4.78 is 0. The second-order valence-electron chi connectivity index (χ2n) is 4.75. The van der Waals surface area contributed by atoms with Crippen LogP contribution >= 0.6 is 11.3 Å². The van der Waals surface area contributed by atoms with Crippen LogP contribution < -0.4 is 10.6 Å². The summed E-state index contributed by atoms with van der Waals surface area (Å²) in [5, 5.41) is 9.38. The van der Waals surface area contributed by atoms with Crippen molar-refractivity contribution in [1.29, 1.82) is 0 Å². The third kappa shape index (κ3) is 1.63. The first-order valence-electron chi connectivity index (χ1n) is 5.90. The Morgan fingerprint density at radius 2 is 2.40 bits per heavy atom. The first-order chi connectivity index (χ1) is 7.41. The van der Waals surface area contributed by atoms with E-state index in [-0.39, 0.29) is 0 Å². The molecule has 1 aliphatic heterocycles. The van der Waals surface area contributed by atoms with Gasteiger partial charge < -0.3 is 5.32 Å². The van der Waals surface area contributed by atoms with E-state index in [0.717, 1.165) is 19.1 Å². The van der Waals surface area contributed by atoms with Gasteiger partial charge in [0, 0.05) is 29.5 Å². The summed E-state index contributed by atoms with van der Waals surface area (Å²) in [7, 11) is 0. The summed E-state index contributed by atoms with van der Waals surface area (Å²) in [6.45, 7) is 2.14. The van der Waals surface area contributed by atoms with Crippen LogP contribution in [0.25, 0.3) is 0 Å². The van der Waals surface area contributed by atoms with Gasteiger partial charge in [-0.15, -0.1) is 11.3 Å². The third-order valence-electron chi connectivity index (χ3n) is 3.93. The van der Waals surface area contributed by atoms with Gasteiger partial charge in [-0.1, -0.05) is 18.9 Å². The average Bonchev–Trinajstić information content (AvgIpc) is 2.90. The van der Waals surface area contributed by atoms with Crippen LogP contribution in [0.1, 0.15) is 36.5 Å². The van der Waals surface area contributed by atoms with Gasteiger partial charge >= 0.3 is 0 Å². The van der Waals surface area contributed by atoms with Crippen LogP contribution in [0.15, 0.2) is 17.5 Å². The molecule has 0 aromatic carbocycles. The summed E-state index contributed by atoms with van der Waals surface area (Å²) in [6.07, 6.45) is 5.47. The largest absolute Gasteiger partial charge is 0.303 e. The third-order valence-corrected chi connectivity index (χ3v) is 4.91. The molecule has 0 radical (unpaired) electrons. The molecule has 2 N–H and O–H groups in total. The van der Waals surface area contributed by atoms with Gasteiger partial charge in [0.05, 0.1) is 0 Å². The van der Waals surface area contributed by atoms with Gasteiger partial charge in [0.15, 0.2) is 0 Å². The van der Waals surface area contributed by atoms with Crippen molar-refractivity contribution in [3.8, 4) is 0 Å². The van der Waals surface area contributed by atoms with Crippen LogP contribution in [0.5, 0.6) is 0 Å². The highest BCUT2D eigenvalue weighted by Crippen LogP contribution is 2.43. The highest BCUT2D eigenvalue weighted by Gasteiger charge is 2.43. The van der Waals surface area contributed by atoms with Crippen molar-refractivity contribution in [2.45, 2.75) is 37.1 Å². The lowest BCUT2D eigenvalue weighted by Crippen LogP contribution is -2.49. The molecule has 0 bridgehead atoms. The number of thiophene rings is 1. The van der Waals surface area contributed by atoms with Gasteiger partial charge in [0.25, 0.3) is 0 Å². The predicted octanol–water partition coefficient (Wildman–Crippen LogP) is 2.29. The molecular formula is C12H18N2S. The number of nitrogens with one attached hydrogen (secondary N) is 2. The number of hydrogen-bond acceptors (Lipinski definition) is 3. The van der Waals surface area contributed by atoms with Gasteiger partial charge in [0.2, 0.25) is 0 Å². The minimum absolute atomic E-state index is 0.364. The molecule has 1 saturated heterocycles. The van der Waals surface area contributed by atoms with E-state index >= 15 is 0 Å². The van der Waals surface area contributed by atoms with Gasteiger partial charge in [-0.2, -0.15) is 0 Å². The van der Waals surface area contributed by atoms with E-state index in [1.165, 1.54) is 25.7 Å². The van der Waals surface area contributed by atoms with Crippen molar-refractivity contribution in [2.75, 3.05) is 13.2 Å². The number of rotatable bonds is 1. The number of hydrogen-bond donors (Lipinski definition) is 2. The van der Waals surface area contributed by atoms with E-state index in [9.17, 15) is 0 Å². The molecule has 2 heterocycles. The molecule has 2 nitrogen and oxygen atoms in total. The van der Waals surface area contributed by atoms with E-state index in [1.807, 2.05) is 11.3 Å². The first kappa shape index (κ1) is 9.82. The highest BCUT2D eigenvalue weighted by atomic mass is 32.1. The summed E-state index contributed by atoms with van der Waals surface area (Å²) in [4.78, 5) is 1.57. The Kier molecular flexibility index (Phi) is 2.54. The van der Waals surface area contributed by atoms with Crippen molar-refractivity contribution >= 4 is 11.3 Å². The zero-order valence-electron chi connectivity index (χ0n) is 8.96. The minimum atomic E-state index is 0.364. The summed E-state index contributed by atoms with van der Waals surface area (Å²) in [6, 6.07) is 4.49. The van der Waals surface area contributed by atoms with E-state index in [1.54, 1.807) is 4.88 Å². The Balaban J connectivity index is 1.90. The average molecular weight is 222 g/mol. The van der Waals surface area contributed by atoms with Crippen molar-refractivity contribution in [3.63, 3.8) is 0 Å².